The highest BCUT2D eigenvalue weighted by Gasteiger charge is 2.32. The van der Waals surface area contributed by atoms with E-state index in [9.17, 15) is 9.59 Å². The minimum Gasteiger partial charge on any atom is -0.466 e. The number of hydrogen-bond donors (Lipinski definition) is 0. The van der Waals surface area contributed by atoms with Gasteiger partial charge in [-0.1, -0.05) is 47.5 Å². The van der Waals surface area contributed by atoms with Crippen LogP contribution in [0.4, 0.5) is 0 Å². The van der Waals surface area contributed by atoms with Crippen LogP contribution in [0.25, 0.3) is 0 Å². The fraction of sp³-hybridized carbons (Fsp3) is 0.905. The van der Waals surface area contributed by atoms with Gasteiger partial charge in [0.1, 0.15) is 5.78 Å². The van der Waals surface area contributed by atoms with Crippen molar-refractivity contribution in [3.63, 3.8) is 0 Å². The van der Waals surface area contributed by atoms with Gasteiger partial charge < -0.3 is 4.74 Å². The van der Waals surface area contributed by atoms with Gasteiger partial charge in [0.15, 0.2) is 0 Å². The lowest BCUT2D eigenvalue weighted by atomic mass is 9.68. The molecular weight excluding hydrogens is 300 g/mol. The molecule has 1 saturated carbocycles. The van der Waals surface area contributed by atoms with Crippen LogP contribution >= 0.6 is 0 Å². The van der Waals surface area contributed by atoms with Crippen LogP contribution in [0.15, 0.2) is 0 Å². The molecule has 1 aliphatic rings. The maximum atomic E-state index is 11.7. The molecule has 0 aliphatic heterocycles. The van der Waals surface area contributed by atoms with Gasteiger partial charge in [0.25, 0.3) is 0 Å². The molecule has 1 aliphatic carbocycles. The molecule has 0 amide bonds. The van der Waals surface area contributed by atoms with Crippen molar-refractivity contribution >= 4 is 11.8 Å². The zero-order valence-corrected chi connectivity index (χ0v) is 17.1. The van der Waals surface area contributed by atoms with E-state index < -0.39 is 0 Å². The quantitative estimate of drug-likeness (QED) is 0.550. The maximum absolute atomic E-state index is 11.7. The second-order valence-electron chi connectivity index (χ2n) is 8.56. The van der Waals surface area contributed by atoms with Crippen molar-refractivity contribution in [2.75, 3.05) is 6.61 Å². The van der Waals surface area contributed by atoms with Crippen molar-refractivity contribution in [3.8, 4) is 0 Å². The second kappa shape index (κ2) is 11.7. The molecule has 0 N–H and O–H groups in total. The molecule has 0 heterocycles. The number of carbonyl (C=O) groups is 2. The van der Waals surface area contributed by atoms with Gasteiger partial charge in [0, 0.05) is 12.8 Å². The van der Waals surface area contributed by atoms with Crippen molar-refractivity contribution in [1.82, 2.24) is 0 Å². The van der Waals surface area contributed by atoms with Crippen molar-refractivity contribution in [1.29, 1.82) is 0 Å². The molecule has 0 aromatic heterocycles. The minimum absolute atomic E-state index is 0.196. The van der Waals surface area contributed by atoms with E-state index in [0.717, 1.165) is 6.42 Å². The summed E-state index contributed by atoms with van der Waals surface area (Å²) in [5, 5.41) is 0. The molecule has 1 atom stereocenters. The van der Waals surface area contributed by atoms with E-state index in [1.54, 1.807) is 6.92 Å². The highest BCUT2D eigenvalue weighted by Crippen LogP contribution is 2.42. The third-order valence-corrected chi connectivity index (χ3v) is 4.96. The molecule has 1 rings (SSSR count). The molecule has 0 radical (unpaired) electrons. The number of rotatable bonds is 7. The van der Waals surface area contributed by atoms with Crippen LogP contribution in [0.5, 0.6) is 0 Å². The van der Waals surface area contributed by atoms with Crippen molar-refractivity contribution in [2.45, 2.75) is 93.4 Å². The monoisotopic (exact) mass is 340 g/mol. The Labute approximate surface area is 149 Å². The van der Waals surface area contributed by atoms with Gasteiger partial charge in [-0.2, -0.15) is 0 Å². The van der Waals surface area contributed by atoms with Gasteiger partial charge in [-0.05, 0) is 56.3 Å². The molecule has 0 saturated heterocycles. The average molecular weight is 341 g/mol. The van der Waals surface area contributed by atoms with Crippen LogP contribution in [0.3, 0.4) is 0 Å². The van der Waals surface area contributed by atoms with E-state index in [4.69, 9.17) is 0 Å². The van der Waals surface area contributed by atoms with Crippen molar-refractivity contribution < 1.29 is 14.3 Å². The molecule has 24 heavy (non-hydrogen) atoms. The summed E-state index contributed by atoms with van der Waals surface area (Å²) in [6, 6.07) is 0. The molecule has 1 unspecified atom stereocenters. The number of Topliss-reactive ketones (excluding diaryl/α,β-unsaturated/α-hetero) is 1. The summed E-state index contributed by atoms with van der Waals surface area (Å²) in [5.74, 6) is 1.71. The highest BCUT2D eigenvalue weighted by atomic mass is 16.5. The van der Waals surface area contributed by atoms with E-state index in [1.165, 1.54) is 45.4 Å². The fourth-order valence-corrected chi connectivity index (χ4v) is 3.30. The second-order valence-corrected chi connectivity index (χ2v) is 8.56. The van der Waals surface area contributed by atoms with Gasteiger partial charge in [0.2, 0.25) is 0 Å². The Morgan fingerprint density at radius 2 is 1.67 bits per heavy atom. The summed E-state index contributed by atoms with van der Waals surface area (Å²) in [7, 11) is 0. The molecule has 0 spiro atoms. The minimum atomic E-state index is -0.196. The molecule has 142 valence electrons. The van der Waals surface area contributed by atoms with E-state index >= 15 is 0 Å². The highest BCUT2D eigenvalue weighted by molar-refractivity contribution is 5.78. The largest absolute Gasteiger partial charge is 0.466 e. The summed E-state index contributed by atoms with van der Waals surface area (Å²) in [4.78, 5) is 21.8. The zero-order valence-electron chi connectivity index (χ0n) is 17.1. The zero-order chi connectivity index (χ0) is 18.8. The standard InChI is InChI=1S/C15H28O.C6H12O2/c1-5-6-7-14(12(2)16)13-8-10-15(3,4)11-9-13;1-5(2)4-8-6(3)7/h13-14H,5-11H2,1-4H3;5H,4H2,1-3H3. The normalized spacial score (nSPS) is 18.5. The molecule has 3 nitrogen and oxygen atoms in total. The number of ketones is 1. The number of ether oxygens (including phenoxy) is 1. The van der Waals surface area contributed by atoms with Gasteiger partial charge in [-0.25, -0.2) is 0 Å². The van der Waals surface area contributed by atoms with Crippen LogP contribution in [0.1, 0.15) is 93.4 Å². The lowest BCUT2D eigenvalue weighted by Gasteiger charge is -2.37. The smallest absolute Gasteiger partial charge is 0.302 e. The van der Waals surface area contributed by atoms with Crippen LogP contribution in [-0.2, 0) is 14.3 Å². The van der Waals surface area contributed by atoms with Gasteiger partial charge in [-0.15, -0.1) is 0 Å². The molecule has 0 bridgehead atoms. The molecule has 0 aromatic carbocycles. The Hall–Kier alpha value is -0.860. The maximum Gasteiger partial charge on any atom is 0.302 e. The number of esters is 1. The first-order valence-corrected chi connectivity index (χ1v) is 9.72. The first-order valence-electron chi connectivity index (χ1n) is 9.72. The summed E-state index contributed by atoms with van der Waals surface area (Å²) in [6.45, 7) is 14.7. The van der Waals surface area contributed by atoms with Gasteiger partial charge in [0.05, 0.1) is 6.61 Å². The van der Waals surface area contributed by atoms with E-state index in [1.807, 2.05) is 13.8 Å². The van der Waals surface area contributed by atoms with E-state index in [2.05, 4.69) is 25.5 Å². The fourth-order valence-electron chi connectivity index (χ4n) is 3.30. The van der Waals surface area contributed by atoms with Crippen LogP contribution in [0.2, 0.25) is 0 Å². The van der Waals surface area contributed by atoms with E-state index in [0.29, 0.717) is 35.6 Å². The predicted octanol–water partition coefficient (Wildman–Crippen LogP) is 5.80. The van der Waals surface area contributed by atoms with Crippen molar-refractivity contribution in [3.05, 3.63) is 0 Å². The average Bonchev–Trinajstić information content (AvgIpc) is 2.47. The lowest BCUT2D eigenvalue weighted by Crippen LogP contribution is -2.29. The molecule has 1 fully saturated rings. The molecule has 0 aromatic rings. The predicted molar refractivity (Wildman–Crippen MR) is 101 cm³/mol. The summed E-state index contributed by atoms with van der Waals surface area (Å²) in [5.41, 5.74) is 0.516. The van der Waals surface area contributed by atoms with E-state index in [-0.39, 0.29) is 5.97 Å². The summed E-state index contributed by atoms with van der Waals surface area (Å²) >= 11 is 0. The van der Waals surface area contributed by atoms with Crippen LogP contribution in [-0.4, -0.2) is 18.4 Å². The summed E-state index contributed by atoms with van der Waals surface area (Å²) < 4.78 is 4.66. The first kappa shape index (κ1) is 23.1. The molecular formula is C21H40O3. The Balaban J connectivity index is 0.000000561. The van der Waals surface area contributed by atoms with Crippen LogP contribution in [0, 0.1) is 23.2 Å². The van der Waals surface area contributed by atoms with Gasteiger partial charge >= 0.3 is 5.97 Å². The topological polar surface area (TPSA) is 43.4 Å². The van der Waals surface area contributed by atoms with Crippen molar-refractivity contribution in [2.24, 2.45) is 23.2 Å². The SMILES string of the molecule is CC(=O)OCC(C)C.CCCCC(C(C)=O)C1CCC(C)(C)CC1. The number of unbranched alkanes of at least 4 members (excludes halogenated alkanes) is 1. The number of hydrogen-bond acceptors (Lipinski definition) is 3. The third-order valence-electron chi connectivity index (χ3n) is 4.96. The van der Waals surface area contributed by atoms with Crippen LogP contribution < -0.4 is 0 Å². The Kier molecular flexibility index (Phi) is 11.2. The number of carbonyl (C=O) groups excluding carboxylic acids is 2. The summed E-state index contributed by atoms with van der Waals surface area (Å²) in [6.07, 6.45) is 8.67. The third kappa shape index (κ3) is 10.8. The first-order chi connectivity index (χ1) is 11.1. The lowest BCUT2D eigenvalue weighted by molar-refractivity contribution is -0.142. The van der Waals surface area contributed by atoms with Gasteiger partial charge in [-0.3, -0.25) is 9.59 Å². The Morgan fingerprint density at radius 1 is 1.12 bits per heavy atom. The Bertz CT molecular complexity index is 361. The molecule has 3 heteroatoms. The Morgan fingerprint density at radius 3 is 2.00 bits per heavy atom.